The van der Waals surface area contributed by atoms with Gasteiger partial charge in [-0.25, -0.2) is 0 Å². The van der Waals surface area contributed by atoms with Gasteiger partial charge < -0.3 is 5.32 Å². The first-order chi connectivity index (χ1) is 6.44. The number of hydrogen-bond donors (Lipinski definition) is 1. The Balaban J connectivity index is 2.76. The molecular weight excluding hydrogens is 221 g/mol. The summed E-state index contributed by atoms with van der Waals surface area (Å²) >= 11 is 12.0. The van der Waals surface area contributed by atoms with Crippen LogP contribution in [0.3, 0.4) is 0 Å². The molecule has 0 spiro atoms. The van der Waals surface area contributed by atoms with Gasteiger partial charge in [-0.1, -0.05) is 23.2 Å². The molecule has 14 heavy (non-hydrogen) atoms. The molecule has 0 aliphatic carbocycles. The molecule has 1 aliphatic rings. The summed E-state index contributed by atoms with van der Waals surface area (Å²) in [6.45, 7) is 3.66. The molecule has 2 nitrogen and oxygen atoms in total. The van der Waals surface area contributed by atoms with Crippen LogP contribution in [0.4, 0.5) is 5.69 Å². The molecule has 0 saturated heterocycles. The number of halogens is 2. The minimum Gasteiger partial charge on any atom is -0.324 e. The van der Waals surface area contributed by atoms with Gasteiger partial charge in [0.2, 0.25) is 5.91 Å². The minimum absolute atomic E-state index is 0.0671. The van der Waals surface area contributed by atoms with Gasteiger partial charge in [0.1, 0.15) is 0 Å². The van der Waals surface area contributed by atoms with Gasteiger partial charge in [0.25, 0.3) is 0 Å². The summed E-state index contributed by atoms with van der Waals surface area (Å²) in [5.41, 5.74) is 0.836. The fourth-order valence-electron chi connectivity index (χ4n) is 1.67. The van der Waals surface area contributed by atoms with Crippen molar-refractivity contribution in [3.05, 3.63) is 27.7 Å². The van der Waals surface area contributed by atoms with Crippen molar-refractivity contribution >= 4 is 34.8 Å². The molecule has 0 unspecified atom stereocenters. The molecule has 0 atom stereocenters. The van der Waals surface area contributed by atoms with Crippen molar-refractivity contribution < 1.29 is 4.79 Å². The zero-order valence-electron chi connectivity index (χ0n) is 7.82. The average Bonchev–Trinajstić information content (AvgIpc) is 2.33. The van der Waals surface area contributed by atoms with E-state index in [1.807, 2.05) is 13.8 Å². The van der Waals surface area contributed by atoms with E-state index in [0.717, 1.165) is 5.56 Å². The Labute approximate surface area is 92.2 Å². The van der Waals surface area contributed by atoms with Gasteiger partial charge in [0.15, 0.2) is 0 Å². The highest BCUT2D eigenvalue weighted by molar-refractivity contribution is 6.38. The molecule has 0 fully saturated rings. The van der Waals surface area contributed by atoms with E-state index in [4.69, 9.17) is 23.2 Å². The second-order valence-corrected chi connectivity index (χ2v) is 4.67. The van der Waals surface area contributed by atoms with Gasteiger partial charge >= 0.3 is 0 Å². The van der Waals surface area contributed by atoms with Crippen LogP contribution in [-0.4, -0.2) is 5.91 Å². The minimum atomic E-state index is -0.600. The molecule has 1 aromatic rings. The molecule has 1 N–H and O–H groups in total. The Bertz CT molecular complexity index is 426. The van der Waals surface area contributed by atoms with Crippen LogP contribution in [0.15, 0.2) is 12.1 Å². The van der Waals surface area contributed by atoms with Gasteiger partial charge in [-0.2, -0.15) is 0 Å². The first-order valence-corrected chi connectivity index (χ1v) is 5.00. The van der Waals surface area contributed by atoms with Crippen LogP contribution in [-0.2, 0) is 10.2 Å². The largest absolute Gasteiger partial charge is 0.324 e. The SMILES string of the molecule is CC1(C)C(=O)Nc2c(Cl)ccc(Cl)c21. The summed E-state index contributed by atoms with van der Waals surface area (Å²) in [4.78, 5) is 11.6. The monoisotopic (exact) mass is 229 g/mol. The number of nitrogens with one attached hydrogen (secondary N) is 1. The fourth-order valence-corrected chi connectivity index (χ4v) is 2.27. The van der Waals surface area contributed by atoms with Crippen LogP contribution >= 0.6 is 23.2 Å². The van der Waals surface area contributed by atoms with Crippen LogP contribution in [0.2, 0.25) is 10.0 Å². The van der Waals surface area contributed by atoms with Crippen LogP contribution < -0.4 is 5.32 Å². The molecule has 2 rings (SSSR count). The van der Waals surface area contributed by atoms with E-state index in [9.17, 15) is 4.79 Å². The maximum Gasteiger partial charge on any atom is 0.234 e. The lowest BCUT2D eigenvalue weighted by molar-refractivity contribution is -0.119. The van der Waals surface area contributed by atoms with E-state index in [-0.39, 0.29) is 5.91 Å². The molecule has 1 aliphatic heterocycles. The number of carbonyl (C=O) groups excluding carboxylic acids is 1. The standard InChI is InChI=1S/C10H9Cl2NO/c1-10(2)7-5(11)3-4-6(12)8(7)13-9(10)14/h3-4H,1-2H3,(H,13,14). The van der Waals surface area contributed by atoms with E-state index < -0.39 is 5.41 Å². The van der Waals surface area contributed by atoms with Crippen molar-refractivity contribution in [2.45, 2.75) is 19.3 Å². The predicted octanol–water partition coefficient (Wildman–Crippen LogP) is 3.22. The molecule has 1 aromatic carbocycles. The fraction of sp³-hybridized carbons (Fsp3) is 0.300. The lowest BCUT2D eigenvalue weighted by Gasteiger charge is -2.16. The van der Waals surface area contributed by atoms with Crippen molar-refractivity contribution in [2.24, 2.45) is 0 Å². The topological polar surface area (TPSA) is 29.1 Å². The quantitative estimate of drug-likeness (QED) is 0.728. The second kappa shape index (κ2) is 2.88. The van der Waals surface area contributed by atoms with Crippen molar-refractivity contribution in [3.8, 4) is 0 Å². The molecule has 0 radical (unpaired) electrons. The lowest BCUT2D eigenvalue weighted by Crippen LogP contribution is -2.27. The smallest absolute Gasteiger partial charge is 0.234 e. The average molecular weight is 230 g/mol. The highest BCUT2D eigenvalue weighted by Crippen LogP contribution is 2.45. The summed E-state index contributed by atoms with van der Waals surface area (Å²) in [5, 5.41) is 3.85. The van der Waals surface area contributed by atoms with Gasteiger partial charge in [-0.15, -0.1) is 0 Å². The van der Waals surface area contributed by atoms with E-state index in [1.54, 1.807) is 12.1 Å². The third-order valence-corrected chi connectivity index (χ3v) is 3.16. The zero-order chi connectivity index (χ0) is 10.5. The molecule has 0 aromatic heterocycles. The highest BCUT2D eigenvalue weighted by Gasteiger charge is 2.41. The van der Waals surface area contributed by atoms with Crippen molar-refractivity contribution in [1.82, 2.24) is 0 Å². The van der Waals surface area contributed by atoms with Crippen LogP contribution in [0.25, 0.3) is 0 Å². The summed E-state index contributed by atoms with van der Waals surface area (Å²) in [7, 11) is 0. The summed E-state index contributed by atoms with van der Waals surface area (Å²) in [5.74, 6) is -0.0671. The Morgan fingerprint density at radius 1 is 1.21 bits per heavy atom. The molecule has 0 saturated carbocycles. The van der Waals surface area contributed by atoms with Crippen molar-refractivity contribution in [1.29, 1.82) is 0 Å². The first kappa shape index (κ1) is 9.81. The van der Waals surface area contributed by atoms with E-state index in [1.165, 1.54) is 0 Å². The van der Waals surface area contributed by atoms with Gasteiger partial charge in [-0.05, 0) is 26.0 Å². The van der Waals surface area contributed by atoms with E-state index in [2.05, 4.69) is 5.32 Å². The third-order valence-electron chi connectivity index (χ3n) is 2.53. The summed E-state index contributed by atoms with van der Waals surface area (Å²) in [6, 6.07) is 3.40. The molecular formula is C10H9Cl2NO. The number of fused-ring (bicyclic) bond motifs is 1. The lowest BCUT2D eigenvalue weighted by atomic mass is 9.86. The summed E-state index contributed by atoms with van der Waals surface area (Å²) in [6.07, 6.45) is 0. The number of amides is 1. The Morgan fingerprint density at radius 2 is 1.79 bits per heavy atom. The molecule has 4 heteroatoms. The van der Waals surface area contributed by atoms with E-state index >= 15 is 0 Å². The van der Waals surface area contributed by atoms with E-state index in [0.29, 0.717) is 15.7 Å². The molecule has 74 valence electrons. The second-order valence-electron chi connectivity index (χ2n) is 3.86. The Kier molecular flexibility index (Phi) is 2.02. The molecule has 1 heterocycles. The van der Waals surface area contributed by atoms with Gasteiger partial charge in [-0.3, -0.25) is 4.79 Å². The summed E-state index contributed by atoms with van der Waals surface area (Å²) < 4.78 is 0. The van der Waals surface area contributed by atoms with Crippen molar-refractivity contribution in [3.63, 3.8) is 0 Å². The molecule has 0 bridgehead atoms. The van der Waals surface area contributed by atoms with Gasteiger partial charge in [0.05, 0.1) is 16.1 Å². The highest BCUT2D eigenvalue weighted by atomic mass is 35.5. The van der Waals surface area contributed by atoms with Gasteiger partial charge in [0, 0.05) is 10.6 Å². The number of rotatable bonds is 0. The van der Waals surface area contributed by atoms with Crippen LogP contribution in [0.1, 0.15) is 19.4 Å². The number of anilines is 1. The number of hydrogen-bond acceptors (Lipinski definition) is 1. The normalized spacial score (nSPS) is 17.9. The maximum atomic E-state index is 11.6. The maximum absolute atomic E-state index is 11.6. The Hall–Kier alpha value is -0.730. The number of carbonyl (C=O) groups is 1. The molecule has 1 amide bonds. The Morgan fingerprint density at radius 3 is 2.36 bits per heavy atom. The first-order valence-electron chi connectivity index (χ1n) is 4.24. The zero-order valence-corrected chi connectivity index (χ0v) is 9.33. The number of benzene rings is 1. The predicted molar refractivity (Wildman–Crippen MR) is 58.1 cm³/mol. The van der Waals surface area contributed by atoms with Crippen molar-refractivity contribution in [2.75, 3.05) is 5.32 Å². The van der Waals surface area contributed by atoms with Crippen LogP contribution in [0.5, 0.6) is 0 Å². The third kappa shape index (κ3) is 1.14. The van der Waals surface area contributed by atoms with Crippen LogP contribution in [0, 0.1) is 0 Å².